The van der Waals surface area contributed by atoms with E-state index >= 15 is 0 Å². The molecule has 0 radical (unpaired) electrons. The first-order valence-electron chi connectivity index (χ1n) is 8.38. The third-order valence-electron chi connectivity index (χ3n) is 4.68. The Balaban J connectivity index is 1.81. The van der Waals surface area contributed by atoms with Gasteiger partial charge in [-0.2, -0.15) is 0 Å². The fourth-order valence-corrected chi connectivity index (χ4v) is 4.26. The highest BCUT2D eigenvalue weighted by molar-refractivity contribution is 7.13. The smallest absolute Gasteiger partial charge is 0.310 e. The molecular formula is C19H19N3O2S. The normalized spacial score (nSPS) is 17.6. The van der Waals surface area contributed by atoms with Crippen LogP contribution in [0.3, 0.4) is 0 Å². The van der Waals surface area contributed by atoms with E-state index in [-0.39, 0.29) is 11.9 Å². The second-order valence-electron chi connectivity index (χ2n) is 6.18. The van der Waals surface area contributed by atoms with Crippen molar-refractivity contribution in [2.45, 2.75) is 12.8 Å². The Morgan fingerprint density at radius 2 is 2.20 bits per heavy atom. The molecule has 5 nitrogen and oxygen atoms in total. The van der Waals surface area contributed by atoms with Gasteiger partial charge in [-0.1, -0.05) is 18.2 Å². The Morgan fingerprint density at radius 3 is 3.00 bits per heavy atom. The van der Waals surface area contributed by atoms with Gasteiger partial charge in [0.15, 0.2) is 0 Å². The second kappa shape index (κ2) is 6.80. The van der Waals surface area contributed by atoms with Gasteiger partial charge in [0.2, 0.25) is 0 Å². The van der Waals surface area contributed by atoms with Crippen LogP contribution in [0.1, 0.15) is 12.8 Å². The molecule has 1 aliphatic rings. The number of carbonyl (C=O) groups excluding carboxylic acids is 1. The number of carbonyl (C=O) groups is 1. The number of esters is 1. The van der Waals surface area contributed by atoms with E-state index in [0.717, 1.165) is 41.7 Å². The number of anilines is 1. The van der Waals surface area contributed by atoms with Gasteiger partial charge >= 0.3 is 5.97 Å². The van der Waals surface area contributed by atoms with Crippen LogP contribution in [0.4, 0.5) is 5.82 Å². The lowest BCUT2D eigenvalue weighted by Crippen LogP contribution is -2.39. The number of benzene rings is 1. The third-order valence-corrected chi connectivity index (χ3v) is 5.59. The van der Waals surface area contributed by atoms with Crippen molar-refractivity contribution in [3.05, 3.63) is 42.0 Å². The zero-order valence-electron chi connectivity index (χ0n) is 14.0. The monoisotopic (exact) mass is 353 g/mol. The first kappa shape index (κ1) is 16.0. The zero-order chi connectivity index (χ0) is 17.2. The van der Waals surface area contributed by atoms with Crippen molar-refractivity contribution in [3.63, 3.8) is 0 Å². The zero-order valence-corrected chi connectivity index (χ0v) is 14.8. The minimum atomic E-state index is -0.137. The summed E-state index contributed by atoms with van der Waals surface area (Å²) in [6.45, 7) is 1.52. The first-order chi connectivity index (χ1) is 12.3. The number of thiophene rings is 1. The Labute approximate surface area is 150 Å². The van der Waals surface area contributed by atoms with Crippen LogP contribution in [0.25, 0.3) is 21.3 Å². The van der Waals surface area contributed by atoms with E-state index in [2.05, 4.69) is 38.4 Å². The minimum Gasteiger partial charge on any atom is -0.469 e. The summed E-state index contributed by atoms with van der Waals surface area (Å²) in [4.78, 5) is 24.4. The van der Waals surface area contributed by atoms with Gasteiger partial charge in [0.25, 0.3) is 0 Å². The molecule has 0 saturated carbocycles. The molecule has 1 unspecified atom stereocenters. The summed E-state index contributed by atoms with van der Waals surface area (Å²) in [7, 11) is 1.45. The maximum atomic E-state index is 12.0. The number of methoxy groups -OCH3 is 1. The molecule has 128 valence electrons. The highest BCUT2D eigenvalue weighted by Gasteiger charge is 2.28. The van der Waals surface area contributed by atoms with Crippen molar-refractivity contribution in [2.24, 2.45) is 5.92 Å². The van der Waals surface area contributed by atoms with Crippen molar-refractivity contribution in [1.29, 1.82) is 0 Å². The van der Waals surface area contributed by atoms with E-state index in [1.807, 2.05) is 12.1 Å². The average Bonchev–Trinajstić information content (AvgIpc) is 3.21. The number of nitrogens with zero attached hydrogens (tertiary/aromatic N) is 3. The molecule has 1 aromatic carbocycles. The van der Waals surface area contributed by atoms with Crippen LogP contribution in [-0.4, -0.2) is 36.1 Å². The molecule has 1 fully saturated rings. The van der Waals surface area contributed by atoms with Crippen LogP contribution in [-0.2, 0) is 9.53 Å². The Bertz CT molecular complexity index is 890. The molecule has 1 saturated heterocycles. The number of rotatable bonds is 3. The van der Waals surface area contributed by atoms with Gasteiger partial charge in [-0.05, 0) is 30.4 Å². The summed E-state index contributed by atoms with van der Waals surface area (Å²) in [5.41, 5.74) is 2.07. The number of ether oxygens (including phenoxy) is 1. The van der Waals surface area contributed by atoms with Crippen LogP contribution >= 0.6 is 11.3 Å². The summed E-state index contributed by atoms with van der Waals surface area (Å²) in [6.07, 6.45) is 3.42. The van der Waals surface area contributed by atoms with E-state index < -0.39 is 0 Å². The van der Waals surface area contributed by atoms with Crippen LogP contribution in [0, 0.1) is 5.92 Å². The van der Waals surface area contributed by atoms with E-state index in [9.17, 15) is 4.79 Å². The summed E-state index contributed by atoms with van der Waals surface area (Å²) in [5.74, 6) is 0.668. The first-order valence-corrected chi connectivity index (χ1v) is 9.26. The van der Waals surface area contributed by atoms with Gasteiger partial charge in [-0.15, -0.1) is 11.3 Å². The van der Waals surface area contributed by atoms with E-state index in [1.54, 1.807) is 17.7 Å². The third kappa shape index (κ3) is 2.98. The summed E-state index contributed by atoms with van der Waals surface area (Å²) in [5, 5.41) is 3.13. The average molecular weight is 353 g/mol. The van der Waals surface area contributed by atoms with E-state index in [1.165, 1.54) is 12.0 Å². The van der Waals surface area contributed by atoms with Gasteiger partial charge in [0.1, 0.15) is 12.1 Å². The Kier molecular flexibility index (Phi) is 4.36. The molecule has 2 aromatic heterocycles. The molecule has 1 atom stereocenters. The predicted molar refractivity (Wildman–Crippen MR) is 99.8 cm³/mol. The molecule has 0 bridgehead atoms. The highest BCUT2D eigenvalue weighted by Crippen LogP contribution is 2.36. The van der Waals surface area contributed by atoms with Gasteiger partial charge < -0.3 is 9.64 Å². The van der Waals surface area contributed by atoms with Gasteiger partial charge in [0, 0.05) is 23.5 Å². The largest absolute Gasteiger partial charge is 0.469 e. The van der Waals surface area contributed by atoms with Crippen LogP contribution < -0.4 is 4.90 Å². The number of hydrogen-bond acceptors (Lipinski definition) is 6. The lowest BCUT2D eigenvalue weighted by molar-refractivity contribution is -0.145. The fourth-order valence-electron chi connectivity index (χ4n) is 3.50. The predicted octanol–water partition coefficient (Wildman–Crippen LogP) is 3.75. The number of hydrogen-bond donors (Lipinski definition) is 0. The number of fused-ring (bicyclic) bond motifs is 1. The minimum absolute atomic E-state index is 0.0994. The highest BCUT2D eigenvalue weighted by atomic mass is 32.1. The molecule has 6 heteroatoms. The quantitative estimate of drug-likeness (QED) is 0.671. The lowest BCUT2D eigenvalue weighted by atomic mass is 9.97. The van der Waals surface area contributed by atoms with Crippen molar-refractivity contribution in [3.8, 4) is 10.4 Å². The number of aromatic nitrogens is 2. The summed E-state index contributed by atoms with van der Waals surface area (Å²) in [6, 6.07) is 10.3. The second-order valence-corrected chi connectivity index (χ2v) is 7.13. The SMILES string of the molecule is COC(=O)C1CCCN(c2ncnc3cccc(-c4cccs4)c23)C1. The molecule has 1 aliphatic heterocycles. The lowest BCUT2D eigenvalue weighted by Gasteiger charge is -2.33. The Morgan fingerprint density at radius 1 is 1.28 bits per heavy atom. The van der Waals surface area contributed by atoms with Crippen molar-refractivity contribution in [2.75, 3.05) is 25.1 Å². The van der Waals surface area contributed by atoms with Crippen LogP contribution in [0.5, 0.6) is 0 Å². The topological polar surface area (TPSA) is 55.3 Å². The maximum Gasteiger partial charge on any atom is 0.310 e. The Hall–Kier alpha value is -2.47. The molecule has 3 aromatic rings. The van der Waals surface area contributed by atoms with E-state index in [4.69, 9.17) is 4.74 Å². The summed E-state index contributed by atoms with van der Waals surface area (Å²) >= 11 is 1.71. The van der Waals surface area contributed by atoms with E-state index in [0.29, 0.717) is 6.54 Å². The molecule has 0 spiro atoms. The number of piperidine rings is 1. The molecule has 0 amide bonds. The van der Waals surface area contributed by atoms with Gasteiger partial charge in [-0.3, -0.25) is 4.79 Å². The molecule has 4 rings (SSSR count). The van der Waals surface area contributed by atoms with Crippen molar-refractivity contribution < 1.29 is 9.53 Å². The van der Waals surface area contributed by atoms with Crippen molar-refractivity contribution in [1.82, 2.24) is 9.97 Å². The summed E-state index contributed by atoms with van der Waals surface area (Å²) < 4.78 is 4.95. The van der Waals surface area contributed by atoms with Crippen LogP contribution in [0.15, 0.2) is 42.0 Å². The van der Waals surface area contributed by atoms with Crippen molar-refractivity contribution >= 4 is 34.0 Å². The fraction of sp³-hybridized carbons (Fsp3) is 0.316. The molecule has 3 heterocycles. The van der Waals surface area contributed by atoms with Gasteiger partial charge in [0.05, 0.1) is 23.9 Å². The molecule has 25 heavy (non-hydrogen) atoms. The van der Waals surface area contributed by atoms with Gasteiger partial charge in [-0.25, -0.2) is 9.97 Å². The molecule has 0 N–H and O–H groups in total. The molecular weight excluding hydrogens is 334 g/mol. The maximum absolute atomic E-state index is 12.0. The standard InChI is InChI=1S/C19H19N3O2S/c1-24-19(23)13-5-3-9-22(11-13)18-17-14(16-8-4-10-25-16)6-2-7-15(17)20-12-21-18/h2,4,6-8,10,12-13H,3,5,9,11H2,1H3. The van der Waals surface area contributed by atoms with Crippen LogP contribution in [0.2, 0.25) is 0 Å². The molecule has 0 aliphatic carbocycles.